The van der Waals surface area contributed by atoms with E-state index in [2.05, 4.69) is 18.0 Å². The van der Waals surface area contributed by atoms with Crippen molar-refractivity contribution in [2.45, 2.75) is 19.3 Å². The van der Waals surface area contributed by atoms with Crippen LogP contribution in [0.15, 0.2) is 24.5 Å². The van der Waals surface area contributed by atoms with E-state index in [-0.39, 0.29) is 18.5 Å². The highest BCUT2D eigenvalue weighted by Gasteiger charge is 2.18. The van der Waals surface area contributed by atoms with Gasteiger partial charge in [0.2, 0.25) is 0 Å². The van der Waals surface area contributed by atoms with E-state index in [4.69, 9.17) is 19.4 Å². The first-order chi connectivity index (χ1) is 8.88. The fraction of sp³-hybridized carbons (Fsp3) is 0.545. The van der Waals surface area contributed by atoms with Crippen molar-refractivity contribution in [2.24, 2.45) is 0 Å². The molecule has 0 heterocycles. The smallest absolute Gasteiger partial charge is 0.354 e. The minimum Gasteiger partial charge on any atom is -0.463 e. The van der Waals surface area contributed by atoms with E-state index in [9.17, 15) is 9.36 Å². The minimum atomic E-state index is -4.30. The summed E-state index contributed by atoms with van der Waals surface area (Å²) < 4.78 is 15.4. The van der Waals surface area contributed by atoms with Gasteiger partial charge >= 0.3 is 13.6 Å². The molecule has 0 aromatic heterocycles. The lowest BCUT2D eigenvalue weighted by Gasteiger charge is -2.07. The zero-order valence-corrected chi connectivity index (χ0v) is 11.5. The molecular weight excluding hydrogens is 275 g/mol. The fourth-order valence-electron chi connectivity index (χ4n) is 0.924. The molecule has 0 aliphatic rings. The van der Waals surface area contributed by atoms with Gasteiger partial charge in [-0.05, 0) is 19.3 Å². The highest BCUT2D eigenvalue weighted by Crippen LogP contribution is 2.43. The maximum Gasteiger partial charge on any atom is 0.354 e. The van der Waals surface area contributed by atoms with E-state index >= 15 is 0 Å². The van der Waals surface area contributed by atoms with Crippen LogP contribution in [0.1, 0.15) is 19.3 Å². The fourth-order valence-corrected chi connectivity index (χ4v) is 1.15. The Hall–Kier alpha value is -0.980. The Bertz CT molecular complexity index is 347. The standard InChI is InChI=1S/C11H19O7P/c1-3-11(12)16-7-5-4-6-8-17-18-9-10(2)19(13,14)15/h3H,1-2,4-9H2,(H2,13,14,15). The van der Waals surface area contributed by atoms with Crippen LogP contribution < -0.4 is 0 Å². The Kier molecular flexibility index (Phi) is 9.38. The van der Waals surface area contributed by atoms with Crippen LogP contribution in [0.5, 0.6) is 0 Å². The molecule has 0 bridgehead atoms. The highest BCUT2D eigenvalue weighted by molar-refractivity contribution is 7.56. The van der Waals surface area contributed by atoms with Crippen molar-refractivity contribution in [3.8, 4) is 0 Å². The summed E-state index contributed by atoms with van der Waals surface area (Å²) in [5, 5.41) is -0.330. The van der Waals surface area contributed by atoms with Crippen LogP contribution in [0.3, 0.4) is 0 Å². The Morgan fingerprint density at radius 2 is 1.79 bits per heavy atom. The van der Waals surface area contributed by atoms with Gasteiger partial charge in [0, 0.05) is 6.08 Å². The molecule has 0 aliphatic heterocycles. The third-order valence-electron chi connectivity index (χ3n) is 2.00. The molecule has 0 saturated carbocycles. The molecule has 0 spiro atoms. The van der Waals surface area contributed by atoms with Gasteiger partial charge in [0.1, 0.15) is 6.61 Å². The van der Waals surface area contributed by atoms with Gasteiger partial charge in [-0.25, -0.2) is 14.6 Å². The molecule has 110 valence electrons. The number of hydrogen-bond acceptors (Lipinski definition) is 5. The number of unbranched alkanes of at least 4 members (excludes halogenated alkanes) is 2. The Morgan fingerprint density at radius 1 is 1.16 bits per heavy atom. The van der Waals surface area contributed by atoms with Gasteiger partial charge in [-0.3, -0.25) is 4.57 Å². The van der Waals surface area contributed by atoms with Gasteiger partial charge in [-0.15, -0.1) is 0 Å². The zero-order valence-electron chi connectivity index (χ0n) is 10.6. The normalized spacial score (nSPS) is 11.1. The van der Waals surface area contributed by atoms with Crippen LogP contribution in [-0.2, 0) is 23.9 Å². The maximum atomic E-state index is 10.7. The summed E-state index contributed by atoms with van der Waals surface area (Å²) in [5.41, 5.74) is 0. The van der Waals surface area contributed by atoms with Gasteiger partial charge in [0.25, 0.3) is 0 Å². The van der Waals surface area contributed by atoms with Crippen LogP contribution in [0.25, 0.3) is 0 Å². The lowest BCUT2D eigenvalue weighted by Crippen LogP contribution is -2.03. The number of hydrogen-bond donors (Lipinski definition) is 2. The second kappa shape index (κ2) is 9.89. The van der Waals surface area contributed by atoms with Crippen LogP contribution in [0.2, 0.25) is 0 Å². The van der Waals surface area contributed by atoms with Crippen LogP contribution in [0.4, 0.5) is 0 Å². The lowest BCUT2D eigenvalue weighted by atomic mass is 10.2. The zero-order chi connectivity index (χ0) is 14.7. The summed E-state index contributed by atoms with van der Waals surface area (Å²) in [7, 11) is -4.30. The van der Waals surface area contributed by atoms with Crippen molar-refractivity contribution in [1.82, 2.24) is 0 Å². The van der Waals surface area contributed by atoms with Crippen molar-refractivity contribution in [3.63, 3.8) is 0 Å². The summed E-state index contributed by atoms with van der Waals surface area (Å²) in [6, 6.07) is 0. The molecule has 0 aromatic rings. The Morgan fingerprint density at radius 3 is 2.37 bits per heavy atom. The number of rotatable bonds is 11. The van der Waals surface area contributed by atoms with Crippen LogP contribution in [0, 0.1) is 0 Å². The maximum absolute atomic E-state index is 10.7. The molecule has 7 nitrogen and oxygen atoms in total. The molecular formula is C11H19O7P. The van der Waals surface area contributed by atoms with Gasteiger partial charge in [-0.1, -0.05) is 13.2 Å². The average Bonchev–Trinajstić information content (AvgIpc) is 2.34. The Balaban J connectivity index is 3.33. The highest BCUT2D eigenvalue weighted by atomic mass is 31.2. The molecule has 0 fully saturated rings. The third-order valence-corrected chi connectivity index (χ3v) is 2.96. The van der Waals surface area contributed by atoms with Gasteiger partial charge in [0.15, 0.2) is 0 Å². The van der Waals surface area contributed by atoms with Gasteiger partial charge in [0.05, 0.1) is 18.5 Å². The minimum absolute atomic E-state index is 0.282. The van der Waals surface area contributed by atoms with E-state index in [0.29, 0.717) is 19.4 Å². The molecule has 0 atom stereocenters. The molecule has 0 radical (unpaired) electrons. The average molecular weight is 294 g/mol. The number of ether oxygens (including phenoxy) is 1. The monoisotopic (exact) mass is 294 g/mol. The molecule has 19 heavy (non-hydrogen) atoms. The molecule has 0 saturated heterocycles. The van der Waals surface area contributed by atoms with E-state index in [0.717, 1.165) is 12.5 Å². The predicted molar refractivity (Wildman–Crippen MR) is 68.1 cm³/mol. The summed E-state index contributed by atoms with van der Waals surface area (Å²) in [5.74, 6) is -0.449. The molecule has 0 aromatic carbocycles. The third kappa shape index (κ3) is 10.6. The molecule has 0 aliphatic carbocycles. The number of carbonyl (C=O) groups excluding carboxylic acids is 1. The van der Waals surface area contributed by atoms with E-state index in [1.54, 1.807) is 0 Å². The van der Waals surface area contributed by atoms with E-state index in [1.165, 1.54) is 0 Å². The van der Waals surface area contributed by atoms with Crippen molar-refractivity contribution >= 4 is 13.6 Å². The van der Waals surface area contributed by atoms with Crippen molar-refractivity contribution in [3.05, 3.63) is 24.5 Å². The number of esters is 1. The largest absolute Gasteiger partial charge is 0.463 e. The summed E-state index contributed by atoms with van der Waals surface area (Å²) in [6.45, 7) is 6.71. The molecule has 0 amide bonds. The second-order valence-electron chi connectivity index (χ2n) is 3.63. The predicted octanol–water partition coefficient (Wildman–Crippen LogP) is 1.53. The number of carbonyl (C=O) groups is 1. The van der Waals surface area contributed by atoms with Crippen molar-refractivity contribution < 1.29 is 33.7 Å². The Labute approximate surface area is 111 Å². The van der Waals surface area contributed by atoms with Crippen molar-refractivity contribution in [2.75, 3.05) is 19.8 Å². The quantitative estimate of drug-likeness (QED) is 0.149. The first-order valence-electron chi connectivity index (χ1n) is 5.65. The first kappa shape index (κ1) is 18.0. The molecule has 8 heteroatoms. The molecule has 0 rings (SSSR count). The van der Waals surface area contributed by atoms with Crippen molar-refractivity contribution in [1.29, 1.82) is 0 Å². The molecule has 0 unspecified atom stereocenters. The molecule has 2 N–H and O–H groups in total. The summed E-state index contributed by atoms with van der Waals surface area (Å²) in [4.78, 5) is 37.3. The summed E-state index contributed by atoms with van der Waals surface area (Å²) >= 11 is 0. The second-order valence-corrected chi connectivity index (χ2v) is 5.35. The van der Waals surface area contributed by atoms with Gasteiger partial charge < -0.3 is 14.5 Å². The summed E-state index contributed by atoms with van der Waals surface area (Å²) in [6.07, 6.45) is 3.24. The van der Waals surface area contributed by atoms with Crippen LogP contribution in [-0.4, -0.2) is 35.6 Å². The van der Waals surface area contributed by atoms with E-state index < -0.39 is 13.6 Å². The topological polar surface area (TPSA) is 102 Å². The van der Waals surface area contributed by atoms with E-state index in [1.807, 2.05) is 0 Å². The SMILES string of the molecule is C=CC(=O)OCCCCCOOCC(=C)P(=O)(O)O. The van der Waals surface area contributed by atoms with Gasteiger partial charge in [-0.2, -0.15) is 0 Å². The lowest BCUT2D eigenvalue weighted by molar-refractivity contribution is -0.287. The first-order valence-corrected chi connectivity index (χ1v) is 7.26. The van der Waals surface area contributed by atoms with Crippen LogP contribution >= 0.6 is 7.60 Å².